The molecule has 0 spiro atoms. The Hall–Kier alpha value is -0.500. The summed E-state index contributed by atoms with van der Waals surface area (Å²) < 4.78 is 0. The first kappa shape index (κ1) is 12.6. The smallest absolute Gasteiger partial charge is 0.0508 e. The van der Waals surface area contributed by atoms with Crippen molar-refractivity contribution in [2.24, 2.45) is 11.0 Å². The molecule has 0 radical (unpaired) electrons. The van der Waals surface area contributed by atoms with Gasteiger partial charge in [0.15, 0.2) is 0 Å². The average Bonchev–Trinajstić information content (AvgIpc) is 2.20. The molecule has 1 rings (SSSR count). The van der Waals surface area contributed by atoms with Crippen LogP contribution in [0.5, 0.6) is 0 Å². The van der Waals surface area contributed by atoms with E-state index in [4.69, 9.17) is 11.6 Å². The number of nitrogens with one attached hydrogen (secondary N) is 1. The fourth-order valence-electron chi connectivity index (χ4n) is 1.72. The van der Waals surface area contributed by atoms with Gasteiger partial charge >= 0.3 is 0 Å². The molecule has 86 valence electrons. The van der Waals surface area contributed by atoms with E-state index in [-0.39, 0.29) is 0 Å². The molecule has 0 aromatic rings. The lowest BCUT2D eigenvalue weighted by Crippen LogP contribution is -2.29. The molecule has 15 heavy (non-hydrogen) atoms. The second-order valence-corrected chi connectivity index (χ2v) is 5.13. The van der Waals surface area contributed by atoms with E-state index in [1.807, 2.05) is 13.8 Å². The van der Waals surface area contributed by atoms with Crippen molar-refractivity contribution >= 4 is 17.8 Å². The molecule has 1 N–H and O–H groups in total. The number of allylic oxidation sites excluding steroid dienone is 2. The van der Waals surface area contributed by atoms with Crippen LogP contribution in [0, 0.1) is 5.92 Å². The van der Waals surface area contributed by atoms with Gasteiger partial charge in [0, 0.05) is 11.1 Å². The Balaban J connectivity index is 2.29. The summed E-state index contributed by atoms with van der Waals surface area (Å²) in [6, 6.07) is 0.556. The Labute approximate surface area is 97.8 Å². The molecule has 2 nitrogen and oxygen atoms in total. The average molecular weight is 229 g/mol. The van der Waals surface area contributed by atoms with Crippen LogP contribution in [0.3, 0.4) is 0 Å². The molecule has 0 heterocycles. The number of halogens is 1. The van der Waals surface area contributed by atoms with Crippen molar-refractivity contribution in [1.29, 1.82) is 0 Å². The zero-order valence-corrected chi connectivity index (χ0v) is 10.6. The van der Waals surface area contributed by atoms with Crippen LogP contribution in [-0.4, -0.2) is 12.3 Å². The Morgan fingerprint density at radius 1 is 1.27 bits per heavy atom. The lowest BCUT2D eigenvalue weighted by Gasteiger charge is -2.25. The molecule has 1 saturated carbocycles. The molecule has 0 atom stereocenters. The predicted molar refractivity (Wildman–Crippen MR) is 67.3 cm³/mol. The fourth-order valence-corrected chi connectivity index (χ4v) is 1.77. The molecule has 0 aromatic heterocycles. The molecule has 0 aliphatic heterocycles. The first-order chi connectivity index (χ1) is 7.09. The van der Waals surface area contributed by atoms with E-state index in [9.17, 15) is 0 Å². The van der Waals surface area contributed by atoms with Crippen molar-refractivity contribution in [3.05, 3.63) is 10.6 Å². The summed E-state index contributed by atoms with van der Waals surface area (Å²) in [4.78, 5) is 0. The number of hydrogen-bond acceptors (Lipinski definition) is 2. The van der Waals surface area contributed by atoms with Crippen molar-refractivity contribution in [3.63, 3.8) is 0 Å². The zero-order valence-electron chi connectivity index (χ0n) is 9.89. The van der Waals surface area contributed by atoms with Crippen LogP contribution in [-0.2, 0) is 0 Å². The Bertz CT molecular complexity index is 246. The van der Waals surface area contributed by atoms with E-state index >= 15 is 0 Å². The Morgan fingerprint density at radius 2 is 1.87 bits per heavy atom. The molecule has 0 bridgehead atoms. The summed E-state index contributed by atoms with van der Waals surface area (Å²) in [5, 5.41) is 5.03. The second kappa shape index (κ2) is 6.16. The molecule has 3 heteroatoms. The van der Waals surface area contributed by atoms with Gasteiger partial charge in [-0.15, -0.1) is 0 Å². The molecule has 1 aliphatic rings. The third-order valence-corrected chi connectivity index (χ3v) is 3.37. The minimum Gasteiger partial charge on any atom is -0.307 e. The van der Waals surface area contributed by atoms with Crippen molar-refractivity contribution in [2.75, 3.05) is 0 Å². The maximum absolute atomic E-state index is 5.83. The van der Waals surface area contributed by atoms with E-state index in [0.29, 0.717) is 6.04 Å². The molecule has 1 fully saturated rings. The maximum atomic E-state index is 5.83. The normalized spacial score (nSPS) is 29.1. The molecule has 0 unspecified atom stereocenters. The maximum Gasteiger partial charge on any atom is 0.0508 e. The van der Waals surface area contributed by atoms with Crippen molar-refractivity contribution < 1.29 is 0 Å². The molecule has 0 aromatic carbocycles. The van der Waals surface area contributed by atoms with Crippen LogP contribution in [0.2, 0.25) is 0 Å². The Kier molecular flexibility index (Phi) is 5.16. The molecule has 0 amide bonds. The molecule has 0 saturated heterocycles. The molecule has 1 aliphatic carbocycles. The predicted octanol–water partition coefficient (Wildman–Crippen LogP) is 3.67. The van der Waals surface area contributed by atoms with Gasteiger partial charge in [0.05, 0.1) is 6.21 Å². The van der Waals surface area contributed by atoms with E-state index in [1.165, 1.54) is 25.7 Å². The van der Waals surface area contributed by atoms with Gasteiger partial charge in [0.25, 0.3) is 0 Å². The highest BCUT2D eigenvalue weighted by molar-refractivity contribution is 6.30. The summed E-state index contributed by atoms with van der Waals surface area (Å²) in [5.41, 5.74) is 4.23. The van der Waals surface area contributed by atoms with E-state index < -0.39 is 0 Å². The second-order valence-electron chi connectivity index (χ2n) is 4.56. The van der Waals surface area contributed by atoms with E-state index in [1.54, 1.807) is 6.21 Å². The summed E-state index contributed by atoms with van der Waals surface area (Å²) in [5.74, 6) is 0.888. The minimum atomic E-state index is 0.556. The van der Waals surface area contributed by atoms with Crippen molar-refractivity contribution in [1.82, 2.24) is 5.43 Å². The lowest BCUT2D eigenvalue weighted by molar-refractivity contribution is 0.311. The number of hydrazone groups is 1. The summed E-state index contributed by atoms with van der Waals surface area (Å²) in [6.45, 7) is 6.17. The van der Waals surface area contributed by atoms with Gasteiger partial charge in [-0.05, 0) is 51.0 Å². The quantitative estimate of drug-likeness (QED) is 0.579. The highest BCUT2D eigenvalue weighted by atomic mass is 35.5. The molecular weight excluding hydrogens is 208 g/mol. The van der Waals surface area contributed by atoms with Crippen LogP contribution >= 0.6 is 11.6 Å². The third-order valence-electron chi connectivity index (χ3n) is 3.07. The van der Waals surface area contributed by atoms with Crippen LogP contribution in [0.4, 0.5) is 0 Å². The minimum absolute atomic E-state index is 0.556. The van der Waals surface area contributed by atoms with Gasteiger partial charge in [-0.2, -0.15) is 5.10 Å². The SMILES string of the molecule is C/C(Cl)=C(C)\C=N/NC1CCC(C)CC1. The summed E-state index contributed by atoms with van der Waals surface area (Å²) >= 11 is 5.83. The van der Waals surface area contributed by atoms with Crippen molar-refractivity contribution in [2.45, 2.75) is 52.5 Å². The first-order valence-electron chi connectivity index (χ1n) is 5.71. The van der Waals surface area contributed by atoms with Gasteiger partial charge < -0.3 is 5.43 Å². The monoisotopic (exact) mass is 228 g/mol. The highest BCUT2D eigenvalue weighted by Crippen LogP contribution is 2.23. The van der Waals surface area contributed by atoms with Gasteiger partial charge in [-0.3, -0.25) is 0 Å². The fraction of sp³-hybridized carbons (Fsp3) is 0.750. The number of rotatable bonds is 3. The molecular formula is C12H21ClN2. The number of hydrogen-bond donors (Lipinski definition) is 1. The largest absolute Gasteiger partial charge is 0.307 e. The topological polar surface area (TPSA) is 24.4 Å². The van der Waals surface area contributed by atoms with E-state index in [0.717, 1.165) is 16.5 Å². The van der Waals surface area contributed by atoms with E-state index in [2.05, 4.69) is 17.5 Å². The van der Waals surface area contributed by atoms with Gasteiger partial charge in [0.2, 0.25) is 0 Å². The van der Waals surface area contributed by atoms with Gasteiger partial charge in [-0.1, -0.05) is 18.5 Å². The van der Waals surface area contributed by atoms with Crippen molar-refractivity contribution in [3.8, 4) is 0 Å². The lowest BCUT2D eigenvalue weighted by atomic mass is 9.88. The summed E-state index contributed by atoms with van der Waals surface area (Å²) in [6.07, 6.45) is 6.91. The zero-order chi connectivity index (χ0) is 11.3. The Morgan fingerprint density at radius 3 is 2.40 bits per heavy atom. The van der Waals surface area contributed by atoms with Crippen LogP contribution < -0.4 is 5.43 Å². The van der Waals surface area contributed by atoms with Crippen LogP contribution in [0.1, 0.15) is 46.5 Å². The van der Waals surface area contributed by atoms with Gasteiger partial charge in [0.1, 0.15) is 0 Å². The summed E-state index contributed by atoms with van der Waals surface area (Å²) in [7, 11) is 0. The van der Waals surface area contributed by atoms with Crippen LogP contribution in [0.15, 0.2) is 15.7 Å². The third kappa shape index (κ3) is 4.70. The van der Waals surface area contributed by atoms with Gasteiger partial charge in [-0.25, -0.2) is 0 Å². The first-order valence-corrected chi connectivity index (χ1v) is 6.09. The standard InChI is InChI=1S/C12H21ClN2/c1-9-4-6-12(7-5-9)15-14-8-10(2)11(3)13/h8-9,12,15H,4-7H2,1-3H3/b11-10+,14-8-. The number of nitrogens with zero attached hydrogens (tertiary/aromatic N) is 1. The van der Waals surface area contributed by atoms with Crippen LogP contribution in [0.25, 0.3) is 0 Å². The highest BCUT2D eigenvalue weighted by Gasteiger charge is 2.16.